The van der Waals surface area contributed by atoms with Gasteiger partial charge >= 0.3 is 5.97 Å². The molecule has 4 rings (SSSR count). The SMILES string of the molecule is CC(C)Oc1ccc(COC(=O)C2=C(c3ccccc3)C(=O)c3ccccc3C2=O)cc1. The summed E-state index contributed by atoms with van der Waals surface area (Å²) < 4.78 is 11.1. The molecule has 0 saturated heterocycles. The van der Waals surface area contributed by atoms with Crippen molar-refractivity contribution < 1.29 is 23.9 Å². The fraction of sp³-hybridized carbons (Fsp3) is 0.148. The Balaban J connectivity index is 1.65. The van der Waals surface area contributed by atoms with E-state index in [-0.39, 0.29) is 40.8 Å². The van der Waals surface area contributed by atoms with Crippen LogP contribution in [0.5, 0.6) is 5.75 Å². The molecule has 160 valence electrons. The van der Waals surface area contributed by atoms with Crippen molar-refractivity contribution in [3.63, 3.8) is 0 Å². The molecular formula is C27H22O5. The van der Waals surface area contributed by atoms with Crippen molar-refractivity contribution in [2.75, 3.05) is 0 Å². The van der Waals surface area contributed by atoms with E-state index in [0.29, 0.717) is 11.3 Å². The summed E-state index contributed by atoms with van der Waals surface area (Å²) in [7, 11) is 0. The van der Waals surface area contributed by atoms with Crippen LogP contribution in [-0.4, -0.2) is 23.6 Å². The van der Waals surface area contributed by atoms with Gasteiger partial charge < -0.3 is 9.47 Å². The zero-order valence-corrected chi connectivity index (χ0v) is 17.8. The zero-order chi connectivity index (χ0) is 22.7. The first kappa shape index (κ1) is 21.2. The molecule has 32 heavy (non-hydrogen) atoms. The Kier molecular flexibility index (Phi) is 5.99. The minimum atomic E-state index is -0.820. The van der Waals surface area contributed by atoms with Crippen LogP contribution in [0.15, 0.2) is 84.4 Å². The molecule has 0 spiro atoms. The second kappa shape index (κ2) is 9.02. The summed E-state index contributed by atoms with van der Waals surface area (Å²) in [4.78, 5) is 39.5. The minimum Gasteiger partial charge on any atom is -0.491 e. The van der Waals surface area contributed by atoms with E-state index in [1.165, 1.54) is 0 Å². The number of carbonyl (C=O) groups excluding carboxylic acids is 3. The van der Waals surface area contributed by atoms with Crippen LogP contribution >= 0.6 is 0 Å². The third kappa shape index (κ3) is 4.23. The van der Waals surface area contributed by atoms with Gasteiger partial charge in [0, 0.05) is 16.7 Å². The first-order valence-electron chi connectivity index (χ1n) is 10.4. The number of fused-ring (bicyclic) bond motifs is 1. The van der Waals surface area contributed by atoms with Crippen LogP contribution in [-0.2, 0) is 16.1 Å². The fourth-order valence-electron chi connectivity index (χ4n) is 3.61. The first-order chi connectivity index (χ1) is 15.5. The maximum atomic E-state index is 13.2. The minimum absolute atomic E-state index is 0.0323. The van der Waals surface area contributed by atoms with E-state index in [9.17, 15) is 14.4 Å². The largest absolute Gasteiger partial charge is 0.491 e. The second-order valence-electron chi connectivity index (χ2n) is 7.71. The Morgan fingerprint density at radius 1 is 0.781 bits per heavy atom. The standard InChI is InChI=1S/C27H22O5/c1-17(2)32-20-14-12-18(13-15-20)16-31-27(30)24-23(19-8-4-3-5-9-19)25(28)21-10-6-7-11-22(21)26(24)29/h3-15,17H,16H2,1-2H3. The third-order valence-corrected chi connectivity index (χ3v) is 5.05. The predicted molar refractivity (Wildman–Crippen MR) is 120 cm³/mol. The summed E-state index contributed by atoms with van der Waals surface area (Å²) >= 11 is 0. The molecule has 5 heteroatoms. The van der Waals surface area contributed by atoms with Crippen LogP contribution in [0, 0.1) is 0 Å². The Morgan fingerprint density at radius 3 is 2.00 bits per heavy atom. The summed E-state index contributed by atoms with van der Waals surface area (Å²) in [6, 6.07) is 22.4. The fourth-order valence-corrected chi connectivity index (χ4v) is 3.61. The van der Waals surface area contributed by atoms with E-state index in [1.54, 1.807) is 78.9 Å². The number of hydrogen-bond donors (Lipinski definition) is 0. The highest BCUT2D eigenvalue weighted by Gasteiger charge is 2.37. The quantitative estimate of drug-likeness (QED) is 0.408. The number of carbonyl (C=O) groups is 3. The van der Waals surface area contributed by atoms with E-state index >= 15 is 0 Å². The van der Waals surface area contributed by atoms with Crippen LogP contribution in [0.4, 0.5) is 0 Å². The molecule has 0 fully saturated rings. The lowest BCUT2D eigenvalue weighted by Gasteiger charge is -2.20. The van der Waals surface area contributed by atoms with E-state index in [0.717, 1.165) is 5.56 Å². The molecule has 0 radical (unpaired) electrons. The molecule has 1 aliphatic carbocycles. The summed E-state index contributed by atoms with van der Waals surface area (Å²) in [5, 5.41) is 0. The van der Waals surface area contributed by atoms with Crippen molar-refractivity contribution >= 4 is 23.1 Å². The molecule has 0 atom stereocenters. The molecule has 5 nitrogen and oxygen atoms in total. The Labute approximate surface area is 186 Å². The summed E-state index contributed by atoms with van der Waals surface area (Å²) in [6.07, 6.45) is 0.0553. The highest BCUT2D eigenvalue weighted by Crippen LogP contribution is 2.33. The Morgan fingerprint density at radius 2 is 1.38 bits per heavy atom. The van der Waals surface area contributed by atoms with Crippen molar-refractivity contribution in [2.45, 2.75) is 26.6 Å². The number of allylic oxidation sites excluding steroid dienone is 1. The molecule has 0 unspecified atom stereocenters. The van der Waals surface area contributed by atoms with Crippen LogP contribution in [0.2, 0.25) is 0 Å². The molecule has 3 aromatic carbocycles. The van der Waals surface area contributed by atoms with E-state index in [1.807, 2.05) is 13.8 Å². The van der Waals surface area contributed by atoms with Crippen molar-refractivity contribution in [1.29, 1.82) is 0 Å². The number of rotatable bonds is 6. The average Bonchev–Trinajstić information content (AvgIpc) is 2.81. The van der Waals surface area contributed by atoms with Crippen LogP contribution in [0.25, 0.3) is 5.57 Å². The summed E-state index contributed by atoms with van der Waals surface area (Å²) in [5.41, 5.74) is 1.57. The van der Waals surface area contributed by atoms with Gasteiger partial charge in [-0.1, -0.05) is 66.7 Å². The topological polar surface area (TPSA) is 69.7 Å². The maximum absolute atomic E-state index is 13.2. The molecule has 0 aliphatic heterocycles. The summed E-state index contributed by atoms with van der Waals surface area (Å²) in [6.45, 7) is 3.85. The molecule has 3 aromatic rings. The van der Waals surface area contributed by atoms with Gasteiger partial charge in [0.1, 0.15) is 17.9 Å². The van der Waals surface area contributed by atoms with Crippen molar-refractivity contribution in [2.24, 2.45) is 0 Å². The zero-order valence-electron chi connectivity index (χ0n) is 17.8. The lowest BCUT2D eigenvalue weighted by Crippen LogP contribution is -2.27. The smallest absolute Gasteiger partial charge is 0.343 e. The third-order valence-electron chi connectivity index (χ3n) is 5.05. The lowest BCUT2D eigenvalue weighted by molar-refractivity contribution is -0.139. The van der Waals surface area contributed by atoms with Gasteiger partial charge in [0.05, 0.1) is 6.10 Å². The van der Waals surface area contributed by atoms with Gasteiger partial charge in [0.25, 0.3) is 0 Å². The molecular weight excluding hydrogens is 404 g/mol. The van der Waals surface area contributed by atoms with Gasteiger partial charge in [-0.05, 0) is 37.1 Å². The van der Waals surface area contributed by atoms with Crippen molar-refractivity contribution in [1.82, 2.24) is 0 Å². The van der Waals surface area contributed by atoms with Gasteiger partial charge in [-0.2, -0.15) is 0 Å². The number of benzene rings is 3. The number of ether oxygens (including phenoxy) is 2. The Bertz CT molecular complexity index is 1200. The summed E-state index contributed by atoms with van der Waals surface area (Å²) in [5.74, 6) is -0.980. The highest BCUT2D eigenvalue weighted by atomic mass is 16.5. The van der Waals surface area contributed by atoms with Crippen LogP contribution in [0.1, 0.15) is 45.7 Å². The average molecular weight is 426 g/mol. The van der Waals surface area contributed by atoms with Crippen LogP contribution < -0.4 is 4.74 Å². The number of hydrogen-bond acceptors (Lipinski definition) is 5. The highest BCUT2D eigenvalue weighted by molar-refractivity contribution is 6.46. The predicted octanol–water partition coefficient (Wildman–Crippen LogP) is 5.05. The first-order valence-corrected chi connectivity index (χ1v) is 10.4. The molecule has 0 heterocycles. The lowest BCUT2D eigenvalue weighted by atomic mass is 9.81. The number of Topliss-reactive ketones (excluding diaryl/α,β-unsaturated/α-hetero) is 2. The van der Waals surface area contributed by atoms with Crippen molar-refractivity contribution in [3.8, 4) is 5.75 Å². The van der Waals surface area contributed by atoms with Crippen molar-refractivity contribution in [3.05, 3.63) is 107 Å². The molecule has 0 saturated carbocycles. The second-order valence-corrected chi connectivity index (χ2v) is 7.71. The Hall–Kier alpha value is -3.99. The van der Waals surface area contributed by atoms with Gasteiger partial charge in [0.15, 0.2) is 5.78 Å². The molecule has 0 N–H and O–H groups in total. The van der Waals surface area contributed by atoms with Gasteiger partial charge in [0.2, 0.25) is 5.78 Å². The van der Waals surface area contributed by atoms with E-state index in [2.05, 4.69) is 0 Å². The van der Waals surface area contributed by atoms with Crippen LogP contribution in [0.3, 0.4) is 0 Å². The molecule has 0 amide bonds. The molecule has 1 aliphatic rings. The molecule has 0 bridgehead atoms. The maximum Gasteiger partial charge on any atom is 0.343 e. The van der Waals surface area contributed by atoms with Gasteiger partial charge in [-0.15, -0.1) is 0 Å². The number of ketones is 2. The van der Waals surface area contributed by atoms with E-state index in [4.69, 9.17) is 9.47 Å². The monoisotopic (exact) mass is 426 g/mol. The van der Waals surface area contributed by atoms with E-state index < -0.39 is 11.8 Å². The van der Waals surface area contributed by atoms with Gasteiger partial charge in [-0.25, -0.2) is 4.79 Å². The normalized spacial score (nSPS) is 13.2. The number of esters is 1. The molecule has 0 aromatic heterocycles. The van der Waals surface area contributed by atoms with Gasteiger partial charge in [-0.3, -0.25) is 9.59 Å².